The maximum Gasteiger partial charge on any atom is 0.201 e. The van der Waals surface area contributed by atoms with E-state index in [2.05, 4.69) is 20.1 Å². The number of hydrogen-bond donors (Lipinski definition) is 1. The molecular weight excluding hydrogens is 324 g/mol. The van der Waals surface area contributed by atoms with E-state index in [0.29, 0.717) is 13.0 Å². The molecular formula is C19H32O2S2. The average molecular weight is 357 g/mol. The molecule has 2 nitrogen and oxygen atoms in total. The van der Waals surface area contributed by atoms with E-state index in [4.69, 9.17) is 4.74 Å². The fourth-order valence-electron chi connectivity index (χ4n) is 2.15. The predicted octanol–water partition coefficient (Wildman–Crippen LogP) is 6.77. The minimum absolute atomic E-state index is 0.500. The van der Waals surface area contributed by atoms with Crippen molar-refractivity contribution >= 4 is 28.0 Å². The highest BCUT2D eigenvalue weighted by atomic mass is 32.2. The zero-order chi connectivity index (χ0) is 17.7. The Morgan fingerprint density at radius 3 is 2.57 bits per heavy atom. The highest BCUT2D eigenvalue weighted by Gasteiger charge is 2.31. The van der Waals surface area contributed by atoms with Gasteiger partial charge in [0.15, 0.2) is 0 Å². The van der Waals surface area contributed by atoms with Crippen LogP contribution in [0.2, 0.25) is 0 Å². The van der Waals surface area contributed by atoms with Gasteiger partial charge >= 0.3 is 0 Å². The molecule has 4 heteroatoms. The minimum atomic E-state index is -1.16. The summed E-state index contributed by atoms with van der Waals surface area (Å²) in [4.78, 5) is 2.87. The Morgan fingerprint density at radius 2 is 2.00 bits per heavy atom. The summed E-state index contributed by atoms with van der Waals surface area (Å²) in [6.45, 7) is 16.3. The minimum Gasteiger partial charge on any atom is -0.361 e. The Bertz CT molecular complexity index is 454. The molecule has 1 atom stereocenters. The van der Waals surface area contributed by atoms with Crippen LogP contribution in [0.15, 0.2) is 30.7 Å². The van der Waals surface area contributed by atoms with Gasteiger partial charge in [0, 0.05) is 22.8 Å². The number of ether oxygens (including phenoxy) is 1. The zero-order valence-corrected chi connectivity index (χ0v) is 16.7. The van der Waals surface area contributed by atoms with Gasteiger partial charge < -0.3 is 9.84 Å². The van der Waals surface area contributed by atoms with Crippen LogP contribution in [-0.2, 0) is 10.5 Å². The van der Waals surface area contributed by atoms with Crippen molar-refractivity contribution in [1.29, 1.82) is 0 Å². The maximum atomic E-state index is 10.8. The second kappa shape index (κ2) is 12.8. The topological polar surface area (TPSA) is 29.5 Å². The van der Waals surface area contributed by atoms with Crippen LogP contribution in [0, 0.1) is 0 Å². The molecule has 0 bridgehead atoms. The standard InChI is InChI=1S/C17H26O2S2.C2H6/c1-5-8-9-10-13-17(18,19-6-2)16-12-11-15(21-16)14(4)20-7-3;1-2/h7,11-12,18H,3-6,8-10,13H2,1-2H3;1-2H3. The maximum absolute atomic E-state index is 10.8. The van der Waals surface area contributed by atoms with Crippen LogP contribution in [0.1, 0.15) is 69.6 Å². The molecule has 1 unspecified atom stereocenters. The van der Waals surface area contributed by atoms with Crippen LogP contribution in [0.5, 0.6) is 0 Å². The average Bonchev–Trinajstić information content (AvgIpc) is 3.05. The summed E-state index contributed by atoms with van der Waals surface area (Å²) >= 11 is 3.05. The molecule has 1 rings (SSSR count). The van der Waals surface area contributed by atoms with Gasteiger partial charge in [0.2, 0.25) is 5.79 Å². The van der Waals surface area contributed by atoms with Crippen LogP contribution in [-0.4, -0.2) is 11.7 Å². The van der Waals surface area contributed by atoms with Crippen LogP contribution >= 0.6 is 23.1 Å². The molecule has 0 radical (unpaired) electrons. The molecule has 0 aliphatic carbocycles. The fourth-order valence-corrected chi connectivity index (χ4v) is 3.75. The zero-order valence-electron chi connectivity index (χ0n) is 15.1. The van der Waals surface area contributed by atoms with E-state index >= 15 is 0 Å². The van der Waals surface area contributed by atoms with Gasteiger partial charge in [-0.3, -0.25) is 0 Å². The van der Waals surface area contributed by atoms with E-state index in [-0.39, 0.29) is 0 Å². The fraction of sp³-hybridized carbons (Fsp3) is 0.579. The van der Waals surface area contributed by atoms with E-state index in [9.17, 15) is 5.11 Å². The normalized spacial score (nSPS) is 12.9. The van der Waals surface area contributed by atoms with Gasteiger partial charge in [-0.05, 0) is 30.9 Å². The van der Waals surface area contributed by atoms with Crippen molar-refractivity contribution < 1.29 is 9.84 Å². The highest BCUT2D eigenvalue weighted by Crippen LogP contribution is 2.38. The van der Waals surface area contributed by atoms with Crippen molar-refractivity contribution in [3.63, 3.8) is 0 Å². The lowest BCUT2D eigenvalue weighted by Gasteiger charge is -2.26. The molecule has 1 N–H and O–H groups in total. The number of hydrogen-bond acceptors (Lipinski definition) is 4. The van der Waals surface area contributed by atoms with Gasteiger partial charge in [-0.15, -0.1) is 11.3 Å². The predicted molar refractivity (Wildman–Crippen MR) is 107 cm³/mol. The monoisotopic (exact) mass is 356 g/mol. The summed E-state index contributed by atoms with van der Waals surface area (Å²) in [5.74, 6) is -1.16. The Labute approximate surface area is 150 Å². The van der Waals surface area contributed by atoms with Crippen molar-refractivity contribution in [2.45, 2.75) is 65.6 Å². The Morgan fingerprint density at radius 1 is 1.30 bits per heavy atom. The number of unbranched alkanes of at least 4 members (excludes halogenated alkanes) is 3. The number of rotatable bonds is 11. The first-order valence-electron chi connectivity index (χ1n) is 8.50. The molecule has 132 valence electrons. The molecule has 0 amide bonds. The molecule has 0 aromatic carbocycles. The first-order chi connectivity index (χ1) is 11.1. The van der Waals surface area contributed by atoms with Gasteiger partial charge in [-0.25, -0.2) is 0 Å². The third kappa shape index (κ3) is 7.71. The van der Waals surface area contributed by atoms with Crippen LogP contribution in [0.3, 0.4) is 0 Å². The van der Waals surface area contributed by atoms with Gasteiger partial charge in [0.1, 0.15) is 0 Å². The lowest BCUT2D eigenvalue weighted by molar-refractivity contribution is -0.212. The van der Waals surface area contributed by atoms with Gasteiger partial charge in [-0.1, -0.05) is 65.0 Å². The van der Waals surface area contributed by atoms with Gasteiger partial charge in [0.05, 0.1) is 4.88 Å². The van der Waals surface area contributed by atoms with Crippen LogP contribution < -0.4 is 0 Å². The number of thiophene rings is 1. The Hall–Kier alpha value is -0.550. The molecule has 1 heterocycles. The molecule has 1 aromatic heterocycles. The molecule has 0 saturated carbocycles. The van der Waals surface area contributed by atoms with Crippen molar-refractivity contribution in [3.8, 4) is 0 Å². The van der Waals surface area contributed by atoms with Crippen molar-refractivity contribution in [2.75, 3.05) is 6.61 Å². The van der Waals surface area contributed by atoms with E-state index in [0.717, 1.165) is 27.5 Å². The number of thioether (sulfide) groups is 1. The Kier molecular flexibility index (Phi) is 12.5. The lowest BCUT2D eigenvalue weighted by Crippen LogP contribution is -2.28. The van der Waals surface area contributed by atoms with Crippen LogP contribution in [0.4, 0.5) is 0 Å². The first-order valence-corrected chi connectivity index (χ1v) is 10.2. The summed E-state index contributed by atoms with van der Waals surface area (Å²) in [6.07, 6.45) is 5.13. The van der Waals surface area contributed by atoms with Crippen molar-refractivity contribution in [3.05, 3.63) is 40.5 Å². The van der Waals surface area contributed by atoms with E-state index in [1.54, 1.807) is 16.7 Å². The first kappa shape index (κ1) is 22.4. The molecule has 0 fully saturated rings. The smallest absolute Gasteiger partial charge is 0.201 e. The van der Waals surface area contributed by atoms with E-state index in [1.165, 1.54) is 24.6 Å². The molecule has 0 aliphatic heterocycles. The van der Waals surface area contributed by atoms with Gasteiger partial charge in [0.25, 0.3) is 0 Å². The quantitative estimate of drug-likeness (QED) is 0.350. The molecule has 1 aromatic rings. The second-order valence-electron chi connectivity index (χ2n) is 4.90. The summed E-state index contributed by atoms with van der Waals surface area (Å²) in [5, 5.41) is 12.6. The molecule has 0 saturated heterocycles. The third-order valence-corrected chi connectivity index (χ3v) is 5.32. The van der Waals surface area contributed by atoms with Crippen molar-refractivity contribution in [1.82, 2.24) is 0 Å². The second-order valence-corrected chi connectivity index (χ2v) is 7.05. The van der Waals surface area contributed by atoms with Gasteiger partial charge in [-0.2, -0.15) is 0 Å². The summed E-state index contributed by atoms with van der Waals surface area (Å²) < 4.78 is 5.66. The third-order valence-electron chi connectivity index (χ3n) is 3.24. The van der Waals surface area contributed by atoms with E-state index in [1.807, 2.05) is 32.9 Å². The Balaban J connectivity index is 0.00000232. The molecule has 0 aliphatic rings. The van der Waals surface area contributed by atoms with Crippen molar-refractivity contribution in [2.24, 2.45) is 0 Å². The number of aliphatic hydroxyl groups is 1. The summed E-state index contributed by atoms with van der Waals surface area (Å²) in [5.41, 5.74) is 0. The largest absolute Gasteiger partial charge is 0.361 e. The highest BCUT2D eigenvalue weighted by molar-refractivity contribution is 8.11. The molecule has 23 heavy (non-hydrogen) atoms. The summed E-state index contributed by atoms with van der Waals surface area (Å²) in [7, 11) is 0. The van der Waals surface area contributed by atoms with Crippen LogP contribution in [0.25, 0.3) is 4.91 Å². The molecule has 0 spiro atoms. The SMILES string of the molecule is C=CSC(=C)c1ccc(C(O)(CCCCCC)OCC)s1.CC. The van der Waals surface area contributed by atoms with E-state index < -0.39 is 5.79 Å². The summed E-state index contributed by atoms with van der Waals surface area (Å²) in [6, 6.07) is 3.94. The lowest BCUT2D eigenvalue weighted by atomic mass is 10.0.